The van der Waals surface area contributed by atoms with Crippen molar-refractivity contribution in [2.75, 3.05) is 19.0 Å². The number of carbonyl (C=O) groups excluding carboxylic acids is 1. The Hall–Kier alpha value is -2.07. The predicted octanol–water partition coefficient (Wildman–Crippen LogP) is 5.16. The Morgan fingerprint density at radius 1 is 1.23 bits per heavy atom. The fourth-order valence-corrected chi connectivity index (χ4v) is 4.00. The molecule has 1 saturated carbocycles. The van der Waals surface area contributed by atoms with Gasteiger partial charge in [-0.05, 0) is 43.7 Å². The van der Waals surface area contributed by atoms with Crippen LogP contribution in [0.4, 0.5) is 5.69 Å². The summed E-state index contributed by atoms with van der Waals surface area (Å²) in [6.45, 7) is 4.90. The van der Waals surface area contributed by atoms with E-state index < -0.39 is 5.60 Å². The Morgan fingerprint density at radius 3 is 2.69 bits per heavy atom. The third-order valence-electron chi connectivity index (χ3n) is 5.30. The third-order valence-corrected chi connectivity index (χ3v) is 5.30. The molecule has 4 nitrogen and oxygen atoms in total. The van der Waals surface area contributed by atoms with Gasteiger partial charge in [-0.2, -0.15) is 0 Å². The molecular formula is C22H29NO3. The minimum absolute atomic E-state index is 0.0205. The second kappa shape index (κ2) is 8.09. The first kappa shape index (κ1) is 18.7. The fraction of sp³-hybridized carbons (Fsp3) is 0.500. The van der Waals surface area contributed by atoms with Gasteiger partial charge in [-0.1, -0.05) is 44.5 Å². The lowest BCUT2D eigenvalue weighted by atomic mass is 9.78. The number of carbonyl (C=O) groups is 1. The SMILES string of the molecule is CCCO[C@@]1(C(=O)Nc2ccc(OC)c3ccccc23)CCC[C@@H](C)C1. The van der Waals surface area contributed by atoms with Crippen LogP contribution < -0.4 is 10.1 Å². The number of rotatable bonds is 6. The van der Waals surface area contributed by atoms with Gasteiger partial charge in [0.05, 0.1) is 7.11 Å². The zero-order chi connectivity index (χ0) is 18.6. The van der Waals surface area contributed by atoms with Crippen molar-refractivity contribution in [3.63, 3.8) is 0 Å². The van der Waals surface area contributed by atoms with Crippen molar-refractivity contribution in [1.82, 2.24) is 0 Å². The van der Waals surface area contributed by atoms with Crippen molar-refractivity contribution in [3.8, 4) is 5.75 Å². The van der Waals surface area contributed by atoms with Crippen LogP contribution in [0.15, 0.2) is 36.4 Å². The normalized spacial score (nSPS) is 23.0. The van der Waals surface area contributed by atoms with Crippen LogP contribution >= 0.6 is 0 Å². The van der Waals surface area contributed by atoms with Crippen molar-refractivity contribution >= 4 is 22.4 Å². The van der Waals surface area contributed by atoms with Gasteiger partial charge in [0.15, 0.2) is 0 Å². The van der Waals surface area contributed by atoms with Crippen LogP contribution in [0.25, 0.3) is 10.8 Å². The molecule has 1 aliphatic carbocycles. The molecule has 0 spiro atoms. The summed E-state index contributed by atoms with van der Waals surface area (Å²) in [5, 5.41) is 5.13. The van der Waals surface area contributed by atoms with E-state index >= 15 is 0 Å². The number of amides is 1. The van der Waals surface area contributed by atoms with Crippen molar-refractivity contribution in [3.05, 3.63) is 36.4 Å². The maximum atomic E-state index is 13.3. The summed E-state index contributed by atoms with van der Waals surface area (Å²) in [5.74, 6) is 1.29. The van der Waals surface area contributed by atoms with E-state index in [1.165, 1.54) is 0 Å². The molecule has 0 unspecified atom stereocenters. The highest BCUT2D eigenvalue weighted by molar-refractivity contribution is 6.06. The molecule has 140 valence electrons. The molecule has 1 fully saturated rings. The van der Waals surface area contributed by atoms with Gasteiger partial charge in [-0.15, -0.1) is 0 Å². The summed E-state index contributed by atoms with van der Waals surface area (Å²) in [6, 6.07) is 11.8. The van der Waals surface area contributed by atoms with Crippen molar-refractivity contribution in [1.29, 1.82) is 0 Å². The lowest BCUT2D eigenvalue weighted by Crippen LogP contribution is -2.48. The van der Waals surface area contributed by atoms with Gasteiger partial charge in [0, 0.05) is 23.1 Å². The number of ether oxygens (including phenoxy) is 2. The topological polar surface area (TPSA) is 47.6 Å². The van der Waals surface area contributed by atoms with Gasteiger partial charge in [-0.3, -0.25) is 4.79 Å². The smallest absolute Gasteiger partial charge is 0.256 e. The van der Waals surface area contributed by atoms with Gasteiger partial charge in [0.25, 0.3) is 5.91 Å². The van der Waals surface area contributed by atoms with Gasteiger partial charge in [0.1, 0.15) is 11.4 Å². The molecule has 0 heterocycles. The van der Waals surface area contributed by atoms with Crippen molar-refractivity contribution in [2.24, 2.45) is 5.92 Å². The number of fused-ring (bicyclic) bond motifs is 1. The molecule has 0 aromatic heterocycles. The van der Waals surface area contributed by atoms with Crippen LogP contribution in [0.1, 0.15) is 46.0 Å². The molecule has 0 bridgehead atoms. The summed E-state index contributed by atoms with van der Waals surface area (Å²) in [5.41, 5.74) is 0.0958. The quantitative estimate of drug-likeness (QED) is 0.778. The van der Waals surface area contributed by atoms with Crippen LogP contribution in [-0.4, -0.2) is 25.2 Å². The average Bonchev–Trinajstić information content (AvgIpc) is 2.66. The number of hydrogen-bond donors (Lipinski definition) is 1. The first-order chi connectivity index (χ1) is 12.6. The Kier molecular flexibility index (Phi) is 5.82. The molecular weight excluding hydrogens is 326 g/mol. The van der Waals surface area contributed by atoms with Crippen molar-refractivity contribution < 1.29 is 14.3 Å². The average molecular weight is 355 g/mol. The molecule has 1 aliphatic rings. The molecule has 2 aromatic rings. The van der Waals surface area contributed by atoms with E-state index in [1.807, 2.05) is 36.4 Å². The zero-order valence-electron chi connectivity index (χ0n) is 16.0. The zero-order valence-corrected chi connectivity index (χ0v) is 16.0. The summed E-state index contributed by atoms with van der Waals surface area (Å²) >= 11 is 0. The number of benzene rings is 2. The molecule has 2 atom stereocenters. The van der Waals surface area contributed by atoms with Gasteiger partial charge in [0.2, 0.25) is 0 Å². The molecule has 3 rings (SSSR count). The number of methoxy groups -OCH3 is 1. The van der Waals surface area contributed by atoms with E-state index in [9.17, 15) is 4.79 Å². The summed E-state index contributed by atoms with van der Waals surface area (Å²) in [6.07, 6.45) is 4.68. The lowest BCUT2D eigenvalue weighted by molar-refractivity contribution is -0.148. The van der Waals surface area contributed by atoms with E-state index in [0.29, 0.717) is 12.5 Å². The van der Waals surface area contributed by atoms with E-state index in [1.54, 1.807) is 7.11 Å². The molecule has 4 heteroatoms. The van der Waals surface area contributed by atoms with Gasteiger partial charge >= 0.3 is 0 Å². The number of hydrogen-bond acceptors (Lipinski definition) is 3. The predicted molar refractivity (Wildman–Crippen MR) is 106 cm³/mol. The molecule has 0 radical (unpaired) electrons. The Labute approximate surface area is 155 Å². The fourth-order valence-electron chi connectivity index (χ4n) is 4.00. The maximum Gasteiger partial charge on any atom is 0.256 e. The Balaban J connectivity index is 1.91. The Morgan fingerprint density at radius 2 is 2.00 bits per heavy atom. The lowest BCUT2D eigenvalue weighted by Gasteiger charge is -2.38. The third kappa shape index (κ3) is 3.70. The van der Waals surface area contributed by atoms with E-state index in [0.717, 1.165) is 54.3 Å². The van der Waals surface area contributed by atoms with Gasteiger partial charge in [-0.25, -0.2) is 0 Å². The molecule has 0 saturated heterocycles. The van der Waals surface area contributed by atoms with E-state index in [-0.39, 0.29) is 5.91 Å². The van der Waals surface area contributed by atoms with Crippen LogP contribution in [0.3, 0.4) is 0 Å². The standard InChI is InChI=1S/C22H29NO3/c1-4-14-26-22(13-7-8-16(2)15-22)21(24)23-19-11-12-20(25-3)18-10-6-5-9-17(18)19/h5-6,9-12,16H,4,7-8,13-15H2,1-3H3,(H,23,24)/t16-,22+/m1/s1. The number of nitrogens with one attached hydrogen (secondary N) is 1. The minimum Gasteiger partial charge on any atom is -0.496 e. The molecule has 1 N–H and O–H groups in total. The second-order valence-electron chi connectivity index (χ2n) is 7.36. The van der Waals surface area contributed by atoms with Crippen LogP contribution in [-0.2, 0) is 9.53 Å². The molecule has 0 aliphatic heterocycles. The van der Waals surface area contributed by atoms with Crippen LogP contribution in [0.5, 0.6) is 5.75 Å². The van der Waals surface area contributed by atoms with Crippen molar-refractivity contribution in [2.45, 2.75) is 51.6 Å². The molecule has 1 amide bonds. The first-order valence-electron chi connectivity index (χ1n) is 9.61. The van der Waals surface area contributed by atoms with E-state index in [2.05, 4.69) is 19.2 Å². The summed E-state index contributed by atoms with van der Waals surface area (Å²) < 4.78 is 11.6. The first-order valence-corrected chi connectivity index (χ1v) is 9.61. The maximum absolute atomic E-state index is 13.3. The molecule has 2 aromatic carbocycles. The number of anilines is 1. The molecule has 26 heavy (non-hydrogen) atoms. The van der Waals surface area contributed by atoms with Crippen LogP contribution in [0, 0.1) is 5.92 Å². The Bertz CT molecular complexity index is 773. The van der Waals surface area contributed by atoms with Gasteiger partial charge < -0.3 is 14.8 Å². The highest BCUT2D eigenvalue weighted by Gasteiger charge is 2.42. The summed E-state index contributed by atoms with van der Waals surface area (Å²) in [4.78, 5) is 13.3. The second-order valence-corrected chi connectivity index (χ2v) is 7.36. The highest BCUT2D eigenvalue weighted by atomic mass is 16.5. The van der Waals surface area contributed by atoms with E-state index in [4.69, 9.17) is 9.47 Å². The minimum atomic E-state index is -0.714. The summed E-state index contributed by atoms with van der Waals surface area (Å²) in [7, 11) is 1.66. The highest BCUT2D eigenvalue weighted by Crippen LogP contribution is 2.38. The monoisotopic (exact) mass is 355 g/mol. The largest absolute Gasteiger partial charge is 0.496 e. The van der Waals surface area contributed by atoms with Crippen LogP contribution in [0.2, 0.25) is 0 Å².